The molecule has 0 saturated carbocycles. The van der Waals surface area contributed by atoms with Crippen molar-refractivity contribution >= 4 is 35.0 Å². The van der Waals surface area contributed by atoms with Crippen molar-refractivity contribution in [3.63, 3.8) is 0 Å². The SMILES string of the molecule is COC(CNC(=O)Cc1cccc(Cl)c1F)CNC(=O)Cc1cccc(Cl)c1F. The highest BCUT2D eigenvalue weighted by atomic mass is 35.5. The first-order valence-electron chi connectivity index (χ1n) is 8.73. The van der Waals surface area contributed by atoms with Gasteiger partial charge in [-0.25, -0.2) is 8.78 Å². The molecule has 2 rings (SSSR count). The lowest BCUT2D eigenvalue weighted by Crippen LogP contribution is -2.41. The zero-order valence-electron chi connectivity index (χ0n) is 15.6. The third-order valence-electron chi connectivity index (χ3n) is 4.15. The van der Waals surface area contributed by atoms with E-state index in [1.54, 1.807) is 12.1 Å². The standard InChI is InChI=1S/C20H20Cl2F2N2O3/c1-29-14(10-25-17(27)8-12-4-2-6-15(21)19(12)23)11-26-18(28)9-13-5-3-7-16(22)20(13)24/h2-7,14H,8-11H2,1H3,(H,25,27)(H,26,28). The molecule has 0 spiro atoms. The van der Waals surface area contributed by atoms with E-state index in [0.29, 0.717) is 0 Å². The van der Waals surface area contributed by atoms with Gasteiger partial charge in [-0.3, -0.25) is 9.59 Å². The summed E-state index contributed by atoms with van der Waals surface area (Å²) >= 11 is 11.4. The topological polar surface area (TPSA) is 67.4 Å². The van der Waals surface area contributed by atoms with Crippen LogP contribution in [-0.2, 0) is 27.2 Å². The molecule has 2 N–H and O–H groups in total. The van der Waals surface area contributed by atoms with Crippen molar-refractivity contribution in [3.05, 3.63) is 69.2 Å². The molecule has 0 fully saturated rings. The zero-order valence-corrected chi connectivity index (χ0v) is 17.1. The molecular formula is C20H20Cl2F2N2O3. The van der Waals surface area contributed by atoms with Crippen molar-refractivity contribution in [1.82, 2.24) is 10.6 Å². The second kappa shape index (κ2) is 11.1. The normalized spacial score (nSPS) is 10.8. The zero-order chi connectivity index (χ0) is 21.4. The van der Waals surface area contributed by atoms with Crippen LogP contribution in [0.5, 0.6) is 0 Å². The molecule has 0 heterocycles. The molecule has 0 unspecified atom stereocenters. The average molecular weight is 445 g/mol. The molecule has 5 nitrogen and oxygen atoms in total. The minimum atomic E-state index is -0.631. The van der Waals surface area contributed by atoms with Crippen LogP contribution in [0.1, 0.15) is 11.1 Å². The molecule has 0 radical (unpaired) electrons. The summed E-state index contributed by atoms with van der Waals surface area (Å²) in [4.78, 5) is 24.1. The lowest BCUT2D eigenvalue weighted by molar-refractivity contribution is -0.121. The highest BCUT2D eigenvalue weighted by Gasteiger charge is 2.15. The molecule has 0 aliphatic heterocycles. The molecule has 0 atom stereocenters. The fourth-order valence-electron chi connectivity index (χ4n) is 2.54. The largest absolute Gasteiger partial charge is 0.378 e. The lowest BCUT2D eigenvalue weighted by Gasteiger charge is -2.17. The number of hydrogen-bond acceptors (Lipinski definition) is 3. The van der Waals surface area contributed by atoms with Gasteiger partial charge < -0.3 is 15.4 Å². The number of carbonyl (C=O) groups is 2. The fraction of sp³-hybridized carbons (Fsp3) is 0.300. The number of nitrogens with one attached hydrogen (secondary N) is 2. The minimum absolute atomic E-state index is 0.0519. The van der Waals surface area contributed by atoms with E-state index in [9.17, 15) is 18.4 Å². The maximum Gasteiger partial charge on any atom is 0.224 e. The number of carbonyl (C=O) groups excluding carboxylic acids is 2. The van der Waals surface area contributed by atoms with Gasteiger partial charge in [0, 0.05) is 20.2 Å². The third-order valence-corrected chi connectivity index (χ3v) is 4.74. The van der Waals surface area contributed by atoms with Crippen LogP contribution in [0.2, 0.25) is 10.0 Å². The summed E-state index contributed by atoms with van der Waals surface area (Å²) in [7, 11) is 1.43. The predicted octanol–water partition coefficient (Wildman–Crippen LogP) is 3.30. The second-order valence-corrected chi connectivity index (χ2v) is 7.06. The van der Waals surface area contributed by atoms with E-state index < -0.39 is 29.6 Å². The van der Waals surface area contributed by atoms with Gasteiger partial charge in [-0.15, -0.1) is 0 Å². The maximum atomic E-state index is 13.8. The van der Waals surface area contributed by atoms with Gasteiger partial charge in [0.25, 0.3) is 0 Å². The quantitative estimate of drug-likeness (QED) is 0.623. The molecule has 0 aliphatic rings. The van der Waals surface area contributed by atoms with Crippen molar-refractivity contribution in [3.8, 4) is 0 Å². The van der Waals surface area contributed by atoms with E-state index in [4.69, 9.17) is 27.9 Å². The summed E-state index contributed by atoms with van der Waals surface area (Å²) in [5.41, 5.74) is 0.363. The van der Waals surface area contributed by atoms with E-state index >= 15 is 0 Å². The monoisotopic (exact) mass is 444 g/mol. The van der Waals surface area contributed by atoms with Gasteiger partial charge in [0.2, 0.25) is 11.8 Å². The molecular weight excluding hydrogens is 425 g/mol. The predicted molar refractivity (Wildman–Crippen MR) is 107 cm³/mol. The van der Waals surface area contributed by atoms with Crippen molar-refractivity contribution in [2.45, 2.75) is 18.9 Å². The molecule has 0 saturated heterocycles. The molecule has 2 amide bonds. The summed E-state index contributed by atoms with van der Waals surface area (Å²) in [6.07, 6.45) is -0.872. The minimum Gasteiger partial charge on any atom is -0.378 e. The van der Waals surface area contributed by atoms with Crippen molar-refractivity contribution in [2.24, 2.45) is 0 Å². The number of ether oxygens (including phenoxy) is 1. The number of halogens is 4. The van der Waals surface area contributed by atoms with E-state index in [0.717, 1.165) is 0 Å². The summed E-state index contributed by atoms with van der Waals surface area (Å²) in [6, 6.07) is 8.87. The number of methoxy groups -OCH3 is 1. The lowest BCUT2D eigenvalue weighted by atomic mass is 10.1. The van der Waals surface area contributed by atoms with Crippen molar-refractivity contribution < 1.29 is 23.1 Å². The summed E-state index contributed by atoms with van der Waals surface area (Å²) in [5.74, 6) is -2.10. The fourth-order valence-corrected chi connectivity index (χ4v) is 2.92. The average Bonchev–Trinajstić information content (AvgIpc) is 2.69. The molecule has 0 bridgehead atoms. The highest BCUT2D eigenvalue weighted by molar-refractivity contribution is 6.31. The van der Waals surface area contributed by atoms with Crippen LogP contribution in [0.3, 0.4) is 0 Å². The van der Waals surface area contributed by atoms with Gasteiger partial charge in [-0.05, 0) is 23.3 Å². The van der Waals surface area contributed by atoms with Crippen LogP contribution in [0, 0.1) is 11.6 Å². The molecule has 2 aromatic rings. The van der Waals surface area contributed by atoms with E-state index in [-0.39, 0.29) is 47.1 Å². The number of hydrogen-bond donors (Lipinski definition) is 2. The molecule has 2 aromatic carbocycles. The Hall–Kier alpha value is -2.22. The summed E-state index contributed by atoms with van der Waals surface area (Å²) in [6.45, 7) is 0.201. The second-order valence-electron chi connectivity index (χ2n) is 6.25. The smallest absolute Gasteiger partial charge is 0.224 e. The number of benzene rings is 2. The van der Waals surface area contributed by atoms with Crippen LogP contribution in [-0.4, -0.2) is 38.1 Å². The Kier molecular flexibility index (Phi) is 8.82. The molecule has 0 aliphatic carbocycles. The van der Waals surface area contributed by atoms with Crippen LogP contribution in [0.15, 0.2) is 36.4 Å². The third kappa shape index (κ3) is 6.96. The first-order valence-corrected chi connectivity index (χ1v) is 9.49. The number of amides is 2. The summed E-state index contributed by atoms with van der Waals surface area (Å²) in [5, 5.41) is 5.13. The first-order chi connectivity index (χ1) is 13.8. The van der Waals surface area contributed by atoms with Gasteiger partial charge in [-0.2, -0.15) is 0 Å². The van der Waals surface area contributed by atoms with Gasteiger partial charge in [0.1, 0.15) is 11.6 Å². The van der Waals surface area contributed by atoms with Gasteiger partial charge >= 0.3 is 0 Å². The highest BCUT2D eigenvalue weighted by Crippen LogP contribution is 2.19. The Bertz CT molecular complexity index is 811. The van der Waals surface area contributed by atoms with Crippen LogP contribution >= 0.6 is 23.2 Å². The molecule has 29 heavy (non-hydrogen) atoms. The Morgan fingerprint density at radius 3 is 1.69 bits per heavy atom. The Labute approximate surface area is 177 Å². The van der Waals surface area contributed by atoms with Gasteiger partial charge in [-0.1, -0.05) is 47.5 Å². The Balaban J connectivity index is 1.79. The van der Waals surface area contributed by atoms with Gasteiger partial charge in [0.05, 0.1) is 29.0 Å². The van der Waals surface area contributed by atoms with Crippen LogP contribution in [0.4, 0.5) is 8.78 Å². The first kappa shape index (κ1) is 23.1. The van der Waals surface area contributed by atoms with Gasteiger partial charge in [0.15, 0.2) is 0 Å². The molecule has 156 valence electrons. The van der Waals surface area contributed by atoms with Crippen molar-refractivity contribution in [2.75, 3.05) is 20.2 Å². The van der Waals surface area contributed by atoms with Crippen LogP contribution in [0.25, 0.3) is 0 Å². The Morgan fingerprint density at radius 1 is 0.897 bits per heavy atom. The van der Waals surface area contributed by atoms with E-state index in [1.165, 1.54) is 31.4 Å². The summed E-state index contributed by atoms with van der Waals surface area (Å²) < 4.78 is 32.9. The van der Waals surface area contributed by atoms with Crippen LogP contribution < -0.4 is 10.6 Å². The molecule has 0 aromatic heterocycles. The Morgan fingerprint density at radius 2 is 1.31 bits per heavy atom. The van der Waals surface area contributed by atoms with Crippen molar-refractivity contribution in [1.29, 1.82) is 0 Å². The van der Waals surface area contributed by atoms with E-state index in [2.05, 4.69) is 10.6 Å². The van der Waals surface area contributed by atoms with E-state index in [1.807, 2.05) is 0 Å². The maximum absolute atomic E-state index is 13.8. The molecule has 9 heteroatoms. The number of rotatable bonds is 9.